The lowest BCUT2D eigenvalue weighted by molar-refractivity contribution is -0.144. The smallest absolute Gasteiger partial charge is 0.262 e. The molecule has 204 valence electrons. The van der Waals surface area contributed by atoms with Crippen LogP contribution in [0.3, 0.4) is 0 Å². The molecule has 2 saturated heterocycles. The highest BCUT2D eigenvalue weighted by molar-refractivity contribution is 9.10. The van der Waals surface area contributed by atoms with Crippen molar-refractivity contribution >= 4 is 43.7 Å². The second kappa shape index (κ2) is 11.8. The van der Waals surface area contributed by atoms with Gasteiger partial charge >= 0.3 is 0 Å². The molecule has 2 N–H and O–H groups in total. The maximum absolute atomic E-state index is 14.6. The lowest BCUT2D eigenvalue weighted by atomic mass is 9.95. The van der Waals surface area contributed by atoms with Gasteiger partial charge in [-0.2, -0.15) is 0 Å². The zero-order chi connectivity index (χ0) is 27.6. The van der Waals surface area contributed by atoms with Crippen molar-refractivity contribution in [3.63, 3.8) is 0 Å². The van der Waals surface area contributed by atoms with Crippen LogP contribution in [0, 0.1) is 0 Å². The van der Waals surface area contributed by atoms with Crippen molar-refractivity contribution in [3.8, 4) is 5.75 Å². The van der Waals surface area contributed by atoms with Gasteiger partial charge in [-0.05, 0) is 48.4 Å². The van der Waals surface area contributed by atoms with Crippen LogP contribution in [0.25, 0.3) is 0 Å². The molecule has 5 rings (SSSR count). The highest BCUT2D eigenvalue weighted by Crippen LogP contribution is 2.44. The fourth-order valence-corrected chi connectivity index (χ4v) is 6.01. The Morgan fingerprint density at radius 2 is 1.31 bits per heavy atom. The first-order valence-corrected chi connectivity index (χ1v) is 14.7. The van der Waals surface area contributed by atoms with Crippen LogP contribution in [-0.2, 0) is 15.3 Å². The third kappa shape index (κ3) is 5.63. The van der Waals surface area contributed by atoms with Gasteiger partial charge in [0.1, 0.15) is 5.75 Å². The van der Waals surface area contributed by atoms with Gasteiger partial charge in [0.25, 0.3) is 5.91 Å². The van der Waals surface area contributed by atoms with E-state index < -0.39 is 5.66 Å². The summed E-state index contributed by atoms with van der Waals surface area (Å²) < 4.78 is 8.04. The van der Waals surface area contributed by atoms with Crippen molar-refractivity contribution in [2.24, 2.45) is 0 Å². The highest BCUT2D eigenvalue weighted by atomic mass is 79.9. The lowest BCUT2D eigenvalue weighted by Crippen LogP contribution is -2.62. The van der Waals surface area contributed by atoms with Gasteiger partial charge in [0.15, 0.2) is 5.66 Å². The molecule has 0 saturated carbocycles. The van der Waals surface area contributed by atoms with Gasteiger partial charge in [0.2, 0.25) is 5.91 Å². The Bertz CT molecular complexity index is 1270. The molecule has 7 nitrogen and oxygen atoms in total. The average Bonchev–Trinajstić information content (AvgIpc) is 3.36. The number of hydrogen-bond acceptors (Lipinski definition) is 5. The summed E-state index contributed by atoms with van der Waals surface area (Å²) >= 11 is 7.10. The average molecular weight is 656 g/mol. The molecular formula is C30H32Br2N4O3. The van der Waals surface area contributed by atoms with Gasteiger partial charge in [-0.3, -0.25) is 20.2 Å². The Kier molecular flexibility index (Phi) is 8.42. The number of amides is 2. The number of piperazine rings is 1. The van der Waals surface area contributed by atoms with Gasteiger partial charge in [0.05, 0.1) is 18.7 Å². The van der Waals surface area contributed by atoms with Gasteiger partial charge in [0, 0.05) is 47.6 Å². The summed E-state index contributed by atoms with van der Waals surface area (Å²) in [5.41, 5.74) is 1.61. The van der Waals surface area contributed by atoms with E-state index in [0.717, 1.165) is 25.6 Å². The summed E-state index contributed by atoms with van der Waals surface area (Å²) in [6, 6.07) is 23.7. The number of hydrogen-bond donors (Lipinski definition) is 2. The first-order valence-electron chi connectivity index (χ1n) is 13.2. The van der Waals surface area contributed by atoms with E-state index in [4.69, 9.17) is 4.74 Å². The van der Waals surface area contributed by atoms with E-state index >= 15 is 0 Å². The van der Waals surface area contributed by atoms with E-state index in [1.165, 1.54) is 0 Å². The van der Waals surface area contributed by atoms with Crippen molar-refractivity contribution in [2.45, 2.75) is 31.6 Å². The van der Waals surface area contributed by atoms with Crippen LogP contribution in [0.1, 0.15) is 42.6 Å². The molecule has 2 aliphatic rings. The molecular weight excluding hydrogens is 624 g/mol. The summed E-state index contributed by atoms with van der Waals surface area (Å²) in [4.78, 5) is 30.2. The largest absolute Gasteiger partial charge is 0.493 e. The van der Waals surface area contributed by atoms with Crippen LogP contribution in [0.15, 0.2) is 81.7 Å². The minimum Gasteiger partial charge on any atom is -0.493 e. The molecule has 2 heterocycles. The third-order valence-corrected chi connectivity index (χ3v) is 8.52. The van der Waals surface area contributed by atoms with E-state index in [1.807, 2.05) is 60.4 Å². The van der Waals surface area contributed by atoms with E-state index in [9.17, 15) is 9.59 Å². The molecule has 2 unspecified atom stereocenters. The van der Waals surface area contributed by atoms with Crippen molar-refractivity contribution in [3.05, 3.63) is 98.4 Å². The Morgan fingerprint density at radius 1 is 0.821 bits per heavy atom. The van der Waals surface area contributed by atoms with Crippen molar-refractivity contribution in [1.29, 1.82) is 0 Å². The minimum atomic E-state index is -1.25. The number of halogens is 2. The number of nitrogens with zero attached hydrogens (tertiary/aromatic N) is 2. The minimum absolute atomic E-state index is 0.0289. The van der Waals surface area contributed by atoms with Crippen molar-refractivity contribution in [2.75, 3.05) is 32.8 Å². The summed E-state index contributed by atoms with van der Waals surface area (Å²) in [5.74, 6) is 0.600. The van der Waals surface area contributed by atoms with E-state index in [-0.39, 0.29) is 23.9 Å². The maximum Gasteiger partial charge on any atom is 0.262 e. The number of nitrogens with one attached hydrogen (secondary N) is 2. The SMILES string of the molecule is CCOc1ccccc1C1(C(=O)N2CCN(C(C)=O)CC2)NC(c2ccc(Br)cc2)C(c2ccc(Br)cc2)N1. The first-order chi connectivity index (χ1) is 18.8. The highest BCUT2D eigenvalue weighted by Gasteiger charge is 2.54. The lowest BCUT2D eigenvalue weighted by Gasteiger charge is -2.40. The fraction of sp³-hybridized carbons (Fsp3) is 0.333. The van der Waals surface area contributed by atoms with Gasteiger partial charge in [-0.25, -0.2) is 0 Å². The summed E-state index contributed by atoms with van der Waals surface area (Å²) in [7, 11) is 0. The second-order valence-corrected chi connectivity index (χ2v) is 11.7. The predicted molar refractivity (Wildman–Crippen MR) is 158 cm³/mol. The van der Waals surface area contributed by atoms with E-state index in [0.29, 0.717) is 38.5 Å². The summed E-state index contributed by atoms with van der Waals surface area (Å²) in [6.07, 6.45) is 0. The molecule has 0 aromatic heterocycles. The molecule has 0 aliphatic carbocycles. The topological polar surface area (TPSA) is 73.9 Å². The molecule has 2 aliphatic heterocycles. The van der Waals surface area contributed by atoms with Gasteiger partial charge < -0.3 is 14.5 Å². The van der Waals surface area contributed by atoms with Crippen molar-refractivity contribution in [1.82, 2.24) is 20.4 Å². The molecule has 2 atom stereocenters. The molecule has 0 spiro atoms. The molecule has 2 fully saturated rings. The molecule has 3 aromatic carbocycles. The molecule has 3 aromatic rings. The second-order valence-electron chi connectivity index (χ2n) is 9.82. The molecule has 9 heteroatoms. The number of ether oxygens (including phenoxy) is 1. The molecule has 0 bridgehead atoms. The number of benzene rings is 3. The zero-order valence-corrected chi connectivity index (χ0v) is 25.2. The van der Waals surface area contributed by atoms with Crippen LogP contribution in [0.5, 0.6) is 5.75 Å². The zero-order valence-electron chi connectivity index (χ0n) is 22.0. The monoisotopic (exact) mass is 654 g/mol. The van der Waals surface area contributed by atoms with Crippen LogP contribution in [-0.4, -0.2) is 54.4 Å². The molecule has 39 heavy (non-hydrogen) atoms. The Hall–Kier alpha value is -2.72. The van der Waals surface area contributed by atoms with E-state index in [2.05, 4.69) is 66.8 Å². The third-order valence-electron chi connectivity index (χ3n) is 7.46. The molecule has 2 amide bonds. The normalized spacial score (nSPS) is 23.1. The van der Waals surface area contributed by atoms with Gasteiger partial charge in [-0.15, -0.1) is 0 Å². The fourth-order valence-electron chi connectivity index (χ4n) is 5.48. The number of carbonyl (C=O) groups excluding carboxylic acids is 2. The quantitative estimate of drug-likeness (QED) is 0.385. The van der Waals surface area contributed by atoms with Crippen molar-refractivity contribution < 1.29 is 14.3 Å². The Morgan fingerprint density at radius 3 is 1.79 bits per heavy atom. The maximum atomic E-state index is 14.6. The van der Waals surface area contributed by atoms with E-state index in [1.54, 1.807) is 11.8 Å². The summed E-state index contributed by atoms with van der Waals surface area (Å²) in [5, 5.41) is 7.52. The summed E-state index contributed by atoms with van der Waals surface area (Å²) in [6.45, 7) is 5.94. The van der Waals surface area contributed by atoms with Crippen LogP contribution < -0.4 is 15.4 Å². The van der Waals surface area contributed by atoms with Crippen LogP contribution >= 0.6 is 31.9 Å². The van der Waals surface area contributed by atoms with Gasteiger partial charge in [-0.1, -0.05) is 74.3 Å². The number of carbonyl (C=O) groups is 2. The van der Waals surface area contributed by atoms with Crippen LogP contribution in [0.4, 0.5) is 0 Å². The first kappa shape index (κ1) is 27.8. The molecule has 0 radical (unpaired) electrons. The Labute approximate surface area is 246 Å². The van der Waals surface area contributed by atoms with Crippen LogP contribution in [0.2, 0.25) is 0 Å². The number of para-hydroxylation sites is 1. The predicted octanol–water partition coefficient (Wildman–Crippen LogP) is 5.13. The number of rotatable bonds is 6. The standard InChI is InChI=1S/C30H32Br2N4O3/c1-3-39-26-7-5-4-6-25(26)30(29(38)36-18-16-35(17-19-36)20(2)37)33-27(21-8-12-23(31)13-9-21)28(34-30)22-10-14-24(32)15-11-22/h4-15,27-28,33-34H,3,16-19H2,1-2H3. The Balaban J connectivity index is 1.62.